The molecule has 1 aliphatic heterocycles. The van der Waals surface area contributed by atoms with Gasteiger partial charge in [-0.2, -0.15) is 0 Å². The summed E-state index contributed by atoms with van der Waals surface area (Å²) in [6, 6.07) is 6.43. The summed E-state index contributed by atoms with van der Waals surface area (Å²) >= 11 is 12.2. The number of nitrogens with zero attached hydrogens (tertiary/aromatic N) is 1. The Kier molecular flexibility index (Phi) is 5.96. The molecule has 1 aromatic carbocycles. The second kappa shape index (κ2) is 7.49. The highest BCUT2D eigenvalue weighted by atomic mass is 35.5. The van der Waals surface area contributed by atoms with Crippen molar-refractivity contribution in [1.29, 1.82) is 0 Å². The normalized spacial score (nSPS) is 20.7. The van der Waals surface area contributed by atoms with Crippen LogP contribution in [0.3, 0.4) is 0 Å². The van der Waals surface area contributed by atoms with Crippen molar-refractivity contribution >= 4 is 23.2 Å². The maximum absolute atomic E-state index is 6.27. The van der Waals surface area contributed by atoms with E-state index in [1.807, 2.05) is 18.2 Å². The van der Waals surface area contributed by atoms with Gasteiger partial charge in [0.15, 0.2) is 0 Å². The molecule has 1 fully saturated rings. The minimum Gasteiger partial charge on any atom is -0.315 e. The average molecular weight is 301 g/mol. The fraction of sp³-hybridized carbons (Fsp3) is 0.600. The number of hydrogen-bond donors (Lipinski definition) is 1. The number of halogens is 2. The summed E-state index contributed by atoms with van der Waals surface area (Å²) < 4.78 is 0. The first-order chi connectivity index (χ1) is 9.20. The van der Waals surface area contributed by atoms with Crippen molar-refractivity contribution in [3.05, 3.63) is 33.8 Å². The molecule has 0 saturated carbocycles. The number of rotatable bonds is 5. The van der Waals surface area contributed by atoms with Crippen molar-refractivity contribution in [1.82, 2.24) is 10.2 Å². The van der Waals surface area contributed by atoms with E-state index < -0.39 is 0 Å². The average Bonchev–Trinajstić information content (AvgIpc) is 2.41. The standard InChI is InChI=1S/C15H22Cl2N2/c1-2-18-10-14-5-3-4-8-19(14)11-12-6-7-13(16)9-15(12)17/h6-7,9,14,18H,2-5,8,10-11H2,1H3. The molecule has 1 atom stereocenters. The van der Waals surface area contributed by atoms with Crippen molar-refractivity contribution < 1.29 is 0 Å². The molecule has 0 radical (unpaired) electrons. The second-order valence-electron chi connectivity index (χ2n) is 5.16. The molecule has 19 heavy (non-hydrogen) atoms. The fourth-order valence-corrected chi connectivity index (χ4v) is 3.15. The van der Waals surface area contributed by atoms with Crippen LogP contribution in [0.2, 0.25) is 10.0 Å². The van der Waals surface area contributed by atoms with Crippen LogP contribution in [-0.4, -0.2) is 30.6 Å². The van der Waals surface area contributed by atoms with Gasteiger partial charge in [0.2, 0.25) is 0 Å². The van der Waals surface area contributed by atoms with Gasteiger partial charge < -0.3 is 5.32 Å². The summed E-state index contributed by atoms with van der Waals surface area (Å²) in [5.41, 5.74) is 1.18. The van der Waals surface area contributed by atoms with Crippen LogP contribution in [0.1, 0.15) is 31.7 Å². The van der Waals surface area contributed by atoms with Crippen LogP contribution in [0.25, 0.3) is 0 Å². The Morgan fingerprint density at radius 2 is 2.16 bits per heavy atom. The van der Waals surface area contributed by atoms with Crippen LogP contribution in [-0.2, 0) is 6.54 Å². The molecule has 0 amide bonds. The minimum atomic E-state index is 0.625. The first-order valence-corrected chi connectivity index (χ1v) is 7.85. The third-order valence-corrected chi connectivity index (χ3v) is 4.35. The lowest BCUT2D eigenvalue weighted by Gasteiger charge is -2.36. The van der Waals surface area contributed by atoms with Gasteiger partial charge in [-0.1, -0.05) is 42.6 Å². The van der Waals surface area contributed by atoms with Gasteiger partial charge in [-0.3, -0.25) is 4.90 Å². The van der Waals surface area contributed by atoms with Gasteiger partial charge in [0.05, 0.1) is 0 Å². The molecule has 0 spiro atoms. The number of piperidine rings is 1. The quantitative estimate of drug-likeness (QED) is 0.885. The monoisotopic (exact) mass is 300 g/mol. The molecule has 1 saturated heterocycles. The SMILES string of the molecule is CCNCC1CCCCN1Cc1ccc(Cl)cc1Cl. The molecule has 0 bridgehead atoms. The Morgan fingerprint density at radius 1 is 1.32 bits per heavy atom. The zero-order chi connectivity index (χ0) is 13.7. The van der Waals surface area contributed by atoms with E-state index in [1.165, 1.54) is 24.8 Å². The molecule has 1 unspecified atom stereocenters. The van der Waals surface area contributed by atoms with Crippen LogP contribution in [0, 0.1) is 0 Å². The van der Waals surface area contributed by atoms with Crippen molar-refractivity contribution in [3.8, 4) is 0 Å². The summed E-state index contributed by atoms with van der Waals surface area (Å²) in [5, 5.41) is 4.94. The zero-order valence-electron chi connectivity index (χ0n) is 11.5. The smallest absolute Gasteiger partial charge is 0.0465 e. The van der Waals surface area contributed by atoms with Crippen molar-refractivity contribution in [2.45, 2.75) is 38.8 Å². The van der Waals surface area contributed by atoms with Crippen molar-refractivity contribution in [2.75, 3.05) is 19.6 Å². The Balaban J connectivity index is 2.02. The number of nitrogens with one attached hydrogen (secondary N) is 1. The van der Waals surface area contributed by atoms with Gasteiger partial charge in [-0.15, -0.1) is 0 Å². The van der Waals surface area contributed by atoms with E-state index in [2.05, 4.69) is 17.1 Å². The second-order valence-corrected chi connectivity index (χ2v) is 6.01. The molecule has 4 heteroatoms. The van der Waals surface area contributed by atoms with Gasteiger partial charge in [-0.05, 0) is 43.6 Å². The first kappa shape index (κ1) is 15.1. The molecule has 2 nitrogen and oxygen atoms in total. The third-order valence-electron chi connectivity index (χ3n) is 3.77. The van der Waals surface area contributed by atoms with Gasteiger partial charge in [-0.25, -0.2) is 0 Å². The minimum absolute atomic E-state index is 0.625. The van der Waals surface area contributed by atoms with E-state index in [0.717, 1.165) is 31.2 Å². The van der Waals surface area contributed by atoms with Crippen molar-refractivity contribution in [3.63, 3.8) is 0 Å². The highest BCUT2D eigenvalue weighted by Crippen LogP contribution is 2.25. The Hall–Kier alpha value is -0.280. The van der Waals surface area contributed by atoms with Gasteiger partial charge >= 0.3 is 0 Å². The predicted octanol–water partition coefficient (Wildman–Crippen LogP) is 3.96. The molecular formula is C15H22Cl2N2. The summed E-state index contributed by atoms with van der Waals surface area (Å²) in [4.78, 5) is 2.54. The molecule has 1 N–H and O–H groups in total. The Labute approximate surface area is 126 Å². The number of likely N-dealkylation sites (N-methyl/N-ethyl adjacent to an activating group) is 1. The van der Waals surface area contributed by atoms with E-state index in [1.54, 1.807) is 0 Å². The number of hydrogen-bond acceptors (Lipinski definition) is 2. The summed E-state index contributed by atoms with van der Waals surface area (Å²) in [7, 11) is 0. The molecular weight excluding hydrogens is 279 g/mol. The zero-order valence-corrected chi connectivity index (χ0v) is 13.0. The van der Waals surface area contributed by atoms with E-state index >= 15 is 0 Å². The molecule has 0 aromatic heterocycles. The van der Waals surface area contributed by atoms with Crippen molar-refractivity contribution in [2.24, 2.45) is 0 Å². The van der Waals surface area contributed by atoms with Gasteiger partial charge in [0.1, 0.15) is 0 Å². The van der Waals surface area contributed by atoms with E-state index in [0.29, 0.717) is 11.1 Å². The third kappa shape index (κ3) is 4.35. The molecule has 2 rings (SSSR count). The van der Waals surface area contributed by atoms with Crippen LogP contribution < -0.4 is 5.32 Å². The first-order valence-electron chi connectivity index (χ1n) is 7.09. The topological polar surface area (TPSA) is 15.3 Å². The van der Waals surface area contributed by atoms with E-state index in [9.17, 15) is 0 Å². The van der Waals surface area contributed by atoms with Crippen LogP contribution in [0.4, 0.5) is 0 Å². The lowest BCUT2D eigenvalue weighted by atomic mass is 10.0. The Morgan fingerprint density at radius 3 is 2.89 bits per heavy atom. The van der Waals surface area contributed by atoms with Gasteiger partial charge in [0.25, 0.3) is 0 Å². The molecule has 0 aliphatic carbocycles. The van der Waals surface area contributed by atoms with E-state index in [4.69, 9.17) is 23.2 Å². The molecule has 106 valence electrons. The summed E-state index contributed by atoms with van der Waals surface area (Å²) in [5.74, 6) is 0. The largest absolute Gasteiger partial charge is 0.315 e. The van der Waals surface area contributed by atoms with Crippen LogP contribution >= 0.6 is 23.2 Å². The predicted molar refractivity (Wildman–Crippen MR) is 83.1 cm³/mol. The highest BCUT2D eigenvalue weighted by molar-refractivity contribution is 6.35. The molecule has 1 aromatic rings. The molecule has 1 aliphatic rings. The summed E-state index contributed by atoms with van der Waals surface area (Å²) in [6.45, 7) is 6.35. The lowest BCUT2D eigenvalue weighted by Crippen LogP contribution is -2.44. The number of benzene rings is 1. The maximum Gasteiger partial charge on any atom is 0.0465 e. The number of likely N-dealkylation sites (tertiary alicyclic amines) is 1. The highest BCUT2D eigenvalue weighted by Gasteiger charge is 2.22. The maximum atomic E-state index is 6.27. The lowest BCUT2D eigenvalue weighted by molar-refractivity contribution is 0.138. The van der Waals surface area contributed by atoms with Crippen LogP contribution in [0.5, 0.6) is 0 Å². The van der Waals surface area contributed by atoms with Gasteiger partial charge in [0, 0.05) is 29.2 Å². The van der Waals surface area contributed by atoms with E-state index in [-0.39, 0.29) is 0 Å². The summed E-state index contributed by atoms with van der Waals surface area (Å²) in [6.07, 6.45) is 3.90. The molecule has 1 heterocycles. The fourth-order valence-electron chi connectivity index (χ4n) is 2.68. The Bertz CT molecular complexity index is 409. The van der Waals surface area contributed by atoms with Crippen LogP contribution in [0.15, 0.2) is 18.2 Å².